The molecule has 0 atom stereocenters. The van der Waals surface area contributed by atoms with Gasteiger partial charge in [0.25, 0.3) is 0 Å². The second kappa shape index (κ2) is 6.74. The summed E-state index contributed by atoms with van der Waals surface area (Å²) in [6.07, 6.45) is -0.467. The van der Waals surface area contributed by atoms with Gasteiger partial charge < -0.3 is 14.6 Å². The summed E-state index contributed by atoms with van der Waals surface area (Å²) in [5, 5.41) is 9.63. The fraction of sp³-hybridized carbons (Fsp3) is 0.357. The molecule has 0 aliphatic rings. The van der Waals surface area contributed by atoms with E-state index in [0.717, 1.165) is 11.3 Å². The minimum atomic E-state index is -0.467. The van der Waals surface area contributed by atoms with Crippen LogP contribution in [-0.2, 0) is 11.3 Å². The zero-order valence-corrected chi connectivity index (χ0v) is 12.3. The number of ether oxygens (including phenoxy) is 1. The van der Waals surface area contributed by atoms with E-state index in [0.29, 0.717) is 30.6 Å². The molecular formula is C14H18N4O3. The molecule has 1 aromatic carbocycles. The third kappa shape index (κ3) is 3.95. The summed E-state index contributed by atoms with van der Waals surface area (Å²) in [7, 11) is 0. The molecule has 0 spiro atoms. The number of aromatic nitrogens is 2. The molecule has 1 aromatic heterocycles. The van der Waals surface area contributed by atoms with Crippen LogP contribution in [0.4, 0.5) is 16.2 Å². The highest BCUT2D eigenvalue weighted by Crippen LogP contribution is 2.23. The van der Waals surface area contributed by atoms with Crippen molar-refractivity contribution < 1.29 is 14.1 Å². The molecule has 0 fully saturated rings. The lowest BCUT2D eigenvalue weighted by atomic mass is 10.1. The number of hydrogen-bond acceptors (Lipinski definition) is 6. The number of nitrogens with one attached hydrogen (secondary N) is 2. The van der Waals surface area contributed by atoms with E-state index < -0.39 is 6.09 Å². The van der Waals surface area contributed by atoms with Crippen molar-refractivity contribution in [3.05, 3.63) is 35.5 Å². The molecule has 7 heteroatoms. The highest BCUT2D eigenvalue weighted by Gasteiger charge is 2.09. The van der Waals surface area contributed by atoms with Crippen LogP contribution in [0.1, 0.15) is 24.2 Å². The van der Waals surface area contributed by atoms with Crippen molar-refractivity contribution >= 4 is 17.5 Å². The van der Waals surface area contributed by atoms with Gasteiger partial charge in [-0.1, -0.05) is 11.2 Å². The van der Waals surface area contributed by atoms with Crippen LogP contribution in [0, 0.1) is 13.8 Å². The Morgan fingerprint density at radius 2 is 2.10 bits per heavy atom. The highest BCUT2D eigenvalue weighted by atomic mass is 16.5. The number of amides is 1. The zero-order chi connectivity index (χ0) is 15.2. The SMILES string of the molecule is CCOC(=O)Nc1cccc(NCc2nc(C)no2)c1C. The second-order valence-electron chi connectivity index (χ2n) is 4.41. The molecule has 112 valence electrons. The molecule has 2 rings (SSSR count). The molecule has 2 N–H and O–H groups in total. The first kappa shape index (κ1) is 14.8. The maximum atomic E-state index is 11.5. The number of rotatable bonds is 5. The molecule has 0 bridgehead atoms. The fourth-order valence-electron chi connectivity index (χ4n) is 1.82. The van der Waals surface area contributed by atoms with Gasteiger partial charge in [0.1, 0.15) is 0 Å². The largest absolute Gasteiger partial charge is 0.450 e. The van der Waals surface area contributed by atoms with Crippen molar-refractivity contribution in [2.45, 2.75) is 27.3 Å². The molecule has 0 radical (unpaired) electrons. The van der Waals surface area contributed by atoms with Crippen LogP contribution in [0.2, 0.25) is 0 Å². The van der Waals surface area contributed by atoms with Gasteiger partial charge in [0, 0.05) is 11.4 Å². The maximum absolute atomic E-state index is 11.5. The molecule has 2 aromatic rings. The molecule has 0 aliphatic carbocycles. The van der Waals surface area contributed by atoms with Crippen LogP contribution >= 0.6 is 0 Å². The minimum Gasteiger partial charge on any atom is -0.450 e. The van der Waals surface area contributed by atoms with Crippen molar-refractivity contribution in [1.29, 1.82) is 0 Å². The van der Waals surface area contributed by atoms with E-state index in [9.17, 15) is 4.79 Å². The van der Waals surface area contributed by atoms with Crippen LogP contribution in [0.25, 0.3) is 0 Å². The second-order valence-corrected chi connectivity index (χ2v) is 4.41. The lowest BCUT2D eigenvalue weighted by Crippen LogP contribution is -2.14. The summed E-state index contributed by atoms with van der Waals surface area (Å²) in [4.78, 5) is 15.6. The molecular weight excluding hydrogens is 272 g/mol. The van der Waals surface area contributed by atoms with Crippen molar-refractivity contribution in [2.24, 2.45) is 0 Å². The molecule has 0 unspecified atom stereocenters. The summed E-state index contributed by atoms with van der Waals surface area (Å²) >= 11 is 0. The highest BCUT2D eigenvalue weighted by molar-refractivity contribution is 5.87. The van der Waals surface area contributed by atoms with Crippen LogP contribution in [0.3, 0.4) is 0 Å². The van der Waals surface area contributed by atoms with Gasteiger partial charge >= 0.3 is 6.09 Å². The standard InChI is InChI=1S/C14H18N4O3/c1-4-20-14(19)17-12-7-5-6-11(9(12)2)15-8-13-16-10(3)18-21-13/h5-7,15H,4,8H2,1-3H3,(H,17,19). The van der Waals surface area contributed by atoms with Gasteiger partial charge in [0.2, 0.25) is 5.89 Å². The van der Waals surface area contributed by atoms with E-state index in [2.05, 4.69) is 20.8 Å². The number of carbonyl (C=O) groups excluding carboxylic acids is 1. The average molecular weight is 290 g/mol. The third-order valence-electron chi connectivity index (χ3n) is 2.85. The van der Waals surface area contributed by atoms with Gasteiger partial charge in [-0.05, 0) is 38.5 Å². The van der Waals surface area contributed by atoms with Crippen molar-refractivity contribution in [2.75, 3.05) is 17.2 Å². The quantitative estimate of drug-likeness (QED) is 0.880. The summed E-state index contributed by atoms with van der Waals surface area (Å²) < 4.78 is 9.91. The van der Waals surface area contributed by atoms with E-state index >= 15 is 0 Å². The van der Waals surface area contributed by atoms with Crippen LogP contribution in [-0.4, -0.2) is 22.8 Å². The predicted molar refractivity (Wildman–Crippen MR) is 78.2 cm³/mol. The zero-order valence-electron chi connectivity index (χ0n) is 12.3. The van der Waals surface area contributed by atoms with Crippen LogP contribution < -0.4 is 10.6 Å². The number of benzene rings is 1. The normalized spacial score (nSPS) is 10.2. The molecule has 7 nitrogen and oxygen atoms in total. The van der Waals surface area contributed by atoms with E-state index in [1.54, 1.807) is 13.8 Å². The maximum Gasteiger partial charge on any atom is 0.411 e. The Hall–Kier alpha value is -2.57. The summed E-state index contributed by atoms with van der Waals surface area (Å²) in [5.74, 6) is 1.11. The predicted octanol–water partition coefficient (Wildman–Crippen LogP) is 2.87. The monoisotopic (exact) mass is 290 g/mol. The van der Waals surface area contributed by atoms with E-state index in [4.69, 9.17) is 9.26 Å². The topological polar surface area (TPSA) is 89.3 Å². The van der Waals surface area contributed by atoms with Crippen molar-refractivity contribution in [1.82, 2.24) is 10.1 Å². The first-order valence-corrected chi connectivity index (χ1v) is 6.66. The van der Waals surface area contributed by atoms with Gasteiger partial charge in [-0.2, -0.15) is 4.98 Å². The minimum absolute atomic E-state index is 0.333. The van der Waals surface area contributed by atoms with Gasteiger partial charge in [0.15, 0.2) is 5.82 Å². The lowest BCUT2D eigenvalue weighted by Gasteiger charge is -2.13. The van der Waals surface area contributed by atoms with E-state index in [1.165, 1.54) is 0 Å². The number of nitrogens with zero attached hydrogens (tertiary/aromatic N) is 2. The summed E-state index contributed by atoms with van der Waals surface area (Å²) in [6, 6.07) is 5.57. The van der Waals surface area contributed by atoms with Crippen molar-refractivity contribution in [3.63, 3.8) is 0 Å². The first-order valence-electron chi connectivity index (χ1n) is 6.66. The first-order chi connectivity index (χ1) is 10.1. The van der Waals surface area contributed by atoms with Gasteiger partial charge in [0.05, 0.1) is 13.2 Å². The number of hydrogen-bond donors (Lipinski definition) is 2. The van der Waals surface area contributed by atoms with E-state index in [1.807, 2.05) is 25.1 Å². The Kier molecular flexibility index (Phi) is 4.76. The average Bonchev–Trinajstić information content (AvgIpc) is 2.86. The molecule has 1 heterocycles. The molecule has 0 saturated heterocycles. The number of anilines is 2. The summed E-state index contributed by atoms with van der Waals surface area (Å²) in [6.45, 7) is 6.19. The van der Waals surface area contributed by atoms with Crippen LogP contribution in [0.15, 0.2) is 22.7 Å². The Morgan fingerprint density at radius 1 is 1.33 bits per heavy atom. The Bertz CT molecular complexity index is 624. The number of aryl methyl sites for hydroxylation is 1. The van der Waals surface area contributed by atoms with Crippen LogP contribution in [0.5, 0.6) is 0 Å². The van der Waals surface area contributed by atoms with Gasteiger partial charge in [-0.3, -0.25) is 5.32 Å². The summed E-state index contributed by atoms with van der Waals surface area (Å²) in [5.41, 5.74) is 2.47. The Morgan fingerprint density at radius 3 is 2.76 bits per heavy atom. The lowest BCUT2D eigenvalue weighted by molar-refractivity contribution is 0.168. The molecule has 21 heavy (non-hydrogen) atoms. The van der Waals surface area contributed by atoms with E-state index in [-0.39, 0.29) is 0 Å². The van der Waals surface area contributed by atoms with Gasteiger partial charge in [-0.15, -0.1) is 0 Å². The third-order valence-corrected chi connectivity index (χ3v) is 2.85. The Labute approximate surface area is 122 Å². The molecule has 1 amide bonds. The van der Waals surface area contributed by atoms with Gasteiger partial charge in [-0.25, -0.2) is 4.79 Å². The van der Waals surface area contributed by atoms with Crippen molar-refractivity contribution in [3.8, 4) is 0 Å². The fourth-order valence-corrected chi connectivity index (χ4v) is 1.82. The molecule has 0 saturated carbocycles. The smallest absolute Gasteiger partial charge is 0.411 e. The molecule has 0 aliphatic heterocycles. The Balaban J connectivity index is 2.04. The number of carbonyl (C=O) groups is 1.